The molecule has 1 heteroatoms. The zero-order valence-corrected chi connectivity index (χ0v) is 11.1. The van der Waals surface area contributed by atoms with E-state index in [0.717, 1.165) is 30.3 Å². The van der Waals surface area contributed by atoms with Gasteiger partial charge >= 0.3 is 0 Å². The van der Waals surface area contributed by atoms with Gasteiger partial charge in [-0.15, -0.1) is 0 Å². The lowest BCUT2D eigenvalue weighted by Crippen LogP contribution is -2.17. The molecule has 0 bridgehead atoms. The highest BCUT2D eigenvalue weighted by Crippen LogP contribution is 2.23. The molecule has 0 amide bonds. The third-order valence-electron chi connectivity index (χ3n) is 3.48. The van der Waals surface area contributed by atoms with Gasteiger partial charge in [0.05, 0.1) is 0 Å². The van der Waals surface area contributed by atoms with Gasteiger partial charge in [0.25, 0.3) is 0 Å². The molecule has 0 saturated carbocycles. The lowest BCUT2D eigenvalue weighted by molar-refractivity contribution is 0.425. The second-order valence-electron chi connectivity index (χ2n) is 5.00. The highest BCUT2D eigenvalue weighted by Gasteiger charge is 2.18. The van der Waals surface area contributed by atoms with E-state index >= 15 is 0 Å². The van der Waals surface area contributed by atoms with E-state index in [1.807, 2.05) is 24.3 Å². The van der Waals surface area contributed by atoms with Gasteiger partial charge in [-0.2, -0.15) is 0 Å². The lowest BCUT2D eigenvalue weighted by atomic mass is 10.1. The van der Waals surface area contributed by atoms with Crippen molar-refractivity contribution in [2.75, 3.05) is 13.1 Å². The summed E-state index contributed by atoms with van der Waals surface area (Å²) in [5.41, 5.74) is 3.43. The first kappa shape index (κ1) is 12.7. The van der Waals surface area contributed by atoms with Crippen LogP contribution in [0, 0.1) is 5.92 Å². The Hall–Kier alpha value is -1.76. The van der Waals surface area contributed by atoms with Gasteiger partial charge in [0.1, 0.15) is 0 Å². The Morgan fingerprint density at radius 1 is 1.33 bits per heavy atom. The van der Waals surface area contributed by atoms with E-state index in [1.54, 1.807) is 0 Å². The highest BCUT2D eigenvalue weighted by molar-refractivity contribution is 5.75. The average molecular weight is 239 g/mol. The first-order chi connectivity index (χ1) is 8.70. The molecule has 18 heavy (non-hydrogen) atoms. The van der Waals surface area contributed by atoms with Crippen LogP contribution in [0.5, 0.6) is 0 Å². The molecule has 1 unspecified atom stereocenters. The molecule has 94 valence electrons. The smallest absolute Gasteiger partial charge is 0.0299 e. The number of nitrogens with zero attached hydrogens (tertiary/aromatic N) is 1. The van der Waals surface area contributed by atoms with E-state index in [0.29, 0.717) is 0 Å². The summed E-state index contributed by atoms with van der Waals surface area (Å²) in [4.78, 5) is 2.36. The van der Waals surface area contributed by atoms with Crippen LogP contribution in [0.25, 0.3) is 5.57 Å². The molecular weight excluding hydrogens is 218 g/mol. The monoisotopic (exact) mass is 239 g/mol. The molecule has 0 aliphatic carbocycles. The summed E-state index contributed by atoms with van der Waals surface area (Å²) >= 11 is 0. The van der Waals surface area contributed by atoms with E-state index in [4.69, 9.17) is 0 Å². The topological polar surface area (TPSA) is 3.24 Å². The number of likely N-dealkylation sites (tertiary alicyclic amines) is 1. The van der Waals surface area contributed by atoms with Gasteiger partial charge in [0.2, 0.25) is 0 Å². The summed E-state index contributed by atoms with van der Waals surface area (Å²) in [6, 6.07) is 10.3. The van der Waals surface area contributed by atoms with Crippen LogP contribution in [-0.4, -0.2) is 18.0 Å². The average Bonchev–Trinajstić information content (AvgIpc) is 2.83. The number of rotatable bonds is 4. The van der Waals surface area contributed by atoms with E-state index < -0.39 is 0 Å². The molecule has 1 aromatic carbocycles. The van der Waals surface area contributed by atoms with Crippen molar-refractivity contribution in [3.63, 3.8) is 0 Å². The van der Waals surface area contributed by atoms with Crippen LogP contribution in [-0.2, 0) is 0 Å². The Morgan fingerprint density at radius 2 is 2.06 bits per heavy atom. The summed E-state index contributed by atoms with van der Waals surface area (Å²) in [6.45, 7) is 12.6. The fraction of sp³-hybridized carbons (Fsp3) is 0.294. The molecule has 1 atom stereocenters. The largest absolute Gasteiger partial charge is 0.372 e. The summed E-state index contributed by atoms with van der Waals surface area (Å²) in [6.07, 6.45) is 5.31. The van der Waals surface area contributed by atoms with Gasteiger partial charge in [-0.25, -0.2) is 0 Å². The summed E-state index contributed by atoms with van der Waals surface area (Å²) < 4.78 is 0. The molecule has 1 aliphatic heterocycles. The summed E-state index contributed by atoms with van der Waals surface area (Å²) in [7, 11) is 0. The fourth-order valence-corrected chi connectivity index (χ4v) is 2.36. The van der Waals surface area contributed by atoms with Crippen molar-refractivity contribution < 1.29 is 0 Å². The zero-order chi connectivity index (χ0) is 13.0. The third-order valence-corrected chi connectivity index (χ3v) is 3.48. The third kappa shape index (κ3) is 2.92. The minimum absolute atomic E-state index is 0.777. The fourth-order valence-electron chi connectivity index (χ4n) is 2.36. The molecule has 1 aromatic rings. The van der Waals surface area contributed by atoms with Gasteiger partial charge in [0.15, 0.2) is 0 Å². The van der Waals surface area contributed by atoms with Crippen LogP contribution in [0.2, 0.25) is 0 Å². The number of hydrogen-bond acceptors (Lipinski definition) is 1. The molecule has 0 N–H and O–H groups in total. The summed E-state index contributed by atoms with van der Waals surface area (Å²) in [5.74, 6) is 0.777. The van der Waals surface area contributed by atoms with Crippen LogP contribution in [0.4, 0.5) is 0 Å². The van der Waals surface area contributed by atoms with E-state index in [-0.39, 0.29) is 0 Å². The Kier molecular flexibility index (Phi) is 4.03. The molecule has 1 saturated heterocycles. The normalized spacial score (nSPS) is 19.9. The summed E-state index contributed by atoms with van der Waals surface area (Å²) in [5, 5.41) is 0. The van der Waals surface area contributed by atoms with Gasteiger partial charge < -0.3 is 4.90 Å². The molecular formula is C17H21N. The van der Waals surface area contributed by atoms with Crippen molar-refractivity contribution in [3.8, 4) is 0 Å². The Bertz CT molecular complexity index is 456. The Balaban J connectivity index is 2.15. The van der Waals surface area contributed by atoms with Crippen LogP contribution in [0.15, 0.2) is 61.3 Å². The predicted molar refractivity (Wildman–Crippen MR) is 79.1 cm³/mol. The standard InChI is InChI=1S/C17H21N/c1-4-16(17-8-6-5-7-9-17)12-15(3)18-11-10-14(2)13-18/h4-9,12,14H,1,3,10-11,13H2,2H3/b16-12+. The first-order valence-corrected chi connectivity index (χ1v) is 6.54. The van der Waals surface area contributed by atoms with Gasteiger partial charge in [-0.05, 0) is 29.6 Å². The van der Waals surface area contributed by atoms with Crippen LogP contribution in [0.1, 0.15) is 18.9 Å². The number of allylic oxidation sites excluding steroid dienone is 3. The molecule has 0 spiro atoms. The van der Waals surface area contributed by atoms with Crippen molar-refractivity contribution in [1.29, 1.82) is 0 Å². The van der Waals surface area contributed by atoms with Crippen molar-refractivity contribution >= 4 is 5.57 Å². The Morgan fingerprint density at radius 3 is 2.61 bits per heavy atom. The zero-order valence-electron chi connectivity index (χ0n) is 11.1. The number of hydrogen-bond donors (Lipinski definition) is 0. The predicted octanol–water partition coefficient (Wildman–Crippen LogP) is 4.11. The Labute approximate surface area is 110 Å². The van der Waals surface area contributed by atoms with Gasteiger partial charge in [0, 0.05) is 18.8 Å². The SMILES string of the molecule is C=C/C(=C\C(=C)N1CCC(C)C1)c1ccccc1. The maximum atomic E-state index is 4.19. The maximum Gasteiger partial charge on any atom is 0.0299 e. The van der Waals surface area contributed by atoms with Gasteiger partial charge in [-0.1, -0.05) is 56.5 Å². The molecule has 2 rings (SSSR count). The van der Waals surface area contributed by atoms with Crippen molar-refractivity contribution in [2.24, 2.45) is 5.92 Å². The van der Waals surface area contributed by atoms with Crippen LogP contribution >= 0.6 is 0 Å². The second-order valence-corrected chi connectivity index (χ2v) is 5.00. The quantitative estimate of drug-likeness (QED) is 0.715. The number of benzene rings is 1. The van der Waals surface area contributed by atoms with E-state index in [1.165, 1.54) is 12.0 Å². The second kappa shape index (κ2) is 5.72. The molecule has 0 aromatic heterocycles. The molecule has 1 heterocycles. The molecule has 1 nitrogen and oxygen atoms in total. The van der Waals surface area contributed by atoms with E-state index in [9.17, 15) is 0 Å². The highest BCUT2D eigenvalue weighted by atomic mass is 15.1. The maximum absolute atomic E-state index is 4.19. The minimum atomic E-state index is 0.777. The molecule has 0 radical (unpaired) electrons. The van der Waals surface area contributed by atoms with Gasteiger partial charge in [-0.3, -0.25) is 0 Å². The van der Waals surface area contributed by atoms with Crippen molar-refractivity contribution in [2.45, 2.75) is 13.3 Å². The minimum Gasteiger partial charge on any atom is -0.372 e. The van der Waals surface area contributed by atoms with E-state index in [2.05, 4.69) is 43.2 Å². The van der Waals surface area contributed by atoms with Crippen LogP contribution < -0.4 is 0 Å². The molecule has 1 aliphatic rings. The first-order valence-electron chi connectivity index (χ1n) is 6.54. The van der Waals surface area contributed by atoms with Crippen LogP contribution in [0.3, 0.4) is 0 Å². The van der Waals surface area contributed by atoms with Crippen molar-refractivity contribution in [3.05, 3.63) is 66.9 Å². The molecule has 1 fully saturated rings. The van der Waals surface area contributed by atoms with Crippen molar-refractivity contribution in [1.82, 2.24) is 4.90 Å². The lowest BCUT2D eigenvalue weighted by Gasteiger charge is -2.19.